The zero-order valence-corrected chi connectivity index (χ0v) is 25.3. The number of allylic oxidation sites excluding steroid dienone is 3. The summed E-state index contributed by atoms with van der Waals surface area (Å²) in [4.78, 5) is 28.0. The number of nitriles is 1. The van der Waals surface area contributed by atoms with E-state index >= 15 is 0 Å². The number of nitrogens with one attached hydrogen (secondary N) is 1. The largest absolute Gasteiger partial charge is 0.497 e. The van der Waals surface area contributed by atoms with E-state index in [0.717, 1.165) is 11.3 Å². The van der Waals surface area contributed by atoms with Gasteiger partial charge in [-0.3, -0.25) is 14.5 Å². The lowest BCUT2D eigenvalue weighted by molar-refractivity contribution is -0.118. The molecule has 1 atom stereocenters. The maximum atomic E-state index is 13.7. The minimum Gasteiger partial charge on any atom is -0.497 e. The topological polar surface area (TPSA) is 143 Å². The molecule has 3 aromatic rings. The van der Waals surface area contributed by atoms with Crippen molar-refractivity contribution in [1.29, 1.82) is 5.26 Å². The Labute approximate surface area is 252 Å². The van der Waals surface area contributed by atoms with E-state index < -0.39 is 5.92 Å². The van der Waals surface area contributed by atoms with E-state index in [-0.39, 0.29) is 34.3 Å². The van der Waals surface area contributed by atoms with Gasteiger partial charge < -0.3 is 20.5 Å². The number of para-hydroxylation sites is 2. The highest BCUT2D eigenvalue weighted by molar-refractivity contribution is 8.01. The van der Waals surface area contributed by atoms with Crippen LogP contribution in [0.4, 0.5) is 10.8 Å². The highest BCUT2D eigenvalue weighted by Crippen LogP contribution is 2.50. The standard InChI is InChI=1S/C30H30N6O4S2/c1-30(2)13-21-26(22(37)14-30)25(17-9-11-18(39-3)12-10-17)19(15-31)27(32)36(21)28-34-35-29(42-28)41-16-24(38)33-20-7-5-6-8-23(20)40-4/h5-12,25H,13-14,16,32H2,1-4H3,(H,33,38). The number of hydrogen-bond acceptors (Lipinski definition) is 11. The molecule has 1 amide bonds. The van der Waals surface area contributed by atoms with Crippen molar-refractivity contribution in [3.05, 3.63) is 76.8 Å². The van der Waals surface area contributed by atoms with Crippen molar-refractivity contribution >= 4 is 45.6 Å². The Kier molecular flexibility index (Phi) is 8.24. The zero-order chi connectivity index (χ0) is 30.0. The minimum atomic E-state index is -0.601. The van der Waals surface area contributed by atoms with Crippen LogP contribution < -0.4 is 25.4 Å². The van der Waals surface area contributed by atoms with Crippen LogP contribution in [0.2, 0.25) is 0 Å². The molecule has 2 aliphatic rings. The fourth-order valence-electron chi connectivity index (χ4n) is 5.27. The zero-order valence-electron chi connectivity index (χ0n) is 23.6. The van der Waals surface area contributed by atoms with Gasteiger partial charge in [-0.25, -0.2) is 0 Å². The Morgan fingerprint density at radius 2 is 1.90 bits per heavy atom. The second-order valence-corrected chi connectivity index (χ2v) is 12.8. The van der Waals surface area contributed by atoms with E-state index in [1.807, 2.05) is 50.2 Å². The van der Waals surface area contributed by atoms with Crippen molar-refractivity contribution in [3.8, 4) is 17.6 Å². The third-order valence-electron chi connectivity index (χ3n) is 7.13. The molecular weight excluding hydrogens is 573 g/mol. The number of aromatic nitrogens is 2. The van der Waals surface area contributed by atoms with Crippen molar-refractivity contribution in [1.82, 2.24) is 10.2 Å². The number of ketones is 1. The van der Waals surface area contributed by atoms with Crippen LogP contribution in [-0.4, -0.2) is 41.9 Å². The van der Waals surface area contributed by atoms with Gasteiger partial charge in [0.25, 0.3) is 0 Å². The Morgan fingerprint density at radius 3 is 2.60 bits per heavy atom. The number of hydrogen-bond donors (Lipinski definition) is 2. The summed E-state index contributed by atoms with van der Waals surface area (Å²) in [7, 11) is 3.13. The molecule has 0 radical (unpaired) electrons. The molecule has 1 unspecified atom stereocenters. The second kappa shape index (κ2) is 11.9. The van der Waals surface area contributed by atoms with Gasteiger partial charge >= 0.3 is 0 Å². The van der Waals surface area contributed by atoms with Gasteiger partial charge in [-0.15, -0.1) is 10.2 Å². The number of methoxy groups -OCH3 is 2. The molecule has 1 aromatic heterocycles. The Bertz CT molecular complexity index is 1640. The SMILES string of the molecule is COc1ccc(C2C(C#N)=C(N)N(c3nnc(SCC(=O)Nc4ccccc4OC)s3)C3=C2C(=O)CC(C)(C)C3)cc1. The molecule has 0 spiro atoms. The summed E-state index contributed by atoms with van der Waals surface area (Å²) in [6.45, 7) is 4.08. The van der Waals surface area contributed by atoms with Crippen molar-refractivity contribution in [3.63, 3.8) is 0 Å². The fraction of sp³-hybridized carbons (Fsp3) is 0.300. The molecule has 10 nitrogen and oxygen atoms in total. The Hall–Kier alpha value is -4.34. The summed E-state index contributed by atoms with van der Waals surface area (Å²) in [5.74, 6) is 0.696. The average Bonchev–Trinajstić information content (AvgIpc) is 3.43. The van der Waals surface area contributed by atoms with Gasteiger partial charge in [-0.2, -0.15) is 5.26 Å². The summed E-state index contributed by atoms with van der Waals surface area (Å²) in [6, 6.07) is 16.8. The number of thioether (sulfide) groups is 1. The maximum Gasteiger partial charge on any atom is 0.234 e. The van der Waals surface area contributed by atoms with Crippen molar-refractivity contribution in [2.24, 2.45) is 11.1 Å². The number of rotatable bonds is 8. The van der Waals surface area contributed by atoms with Crippen molar-refractivity contribution in [2.75, 3.05) is 30.2 Å². The van der Waals surface area contributed by atoms with Crippen LogP contribution in [0, 0.1) is 16.7 Å². The van der Waals surface area contributed by atoms with E-state index in [4.69, 9.17) is 15.2 Å². The molecule has 1 aliphatic heterocycles. The number of carbonyl (C=O) groups is 2. The number of benzene rings is 2. The summed E-state index contributed by atoms with van der Waals surface area (Å²) in [6.07, 6.45) is 0.910. The summed E-state index contributed by atoms with van der Waals surface area (Å²) < 4.78 is 11.1. The number of ether oxygens (including phenoxy) is 2. The van der Waals surface area contributed by atoms with Crippen LogP contribution >= 0.6 is 23.1 Å². The second-order valence-electron chi connectivity index (χ2n) is 10.6. The third-order valence-corrected chi connectivity index (χ3v) is 9.17. The highest BCUT2D eigenvalue weighted by Gasteiger charge is 2.45. The van der Waals surface area contributed by atoms with Gasteiger partial charge in [0, 0.05) is 17.7 Å². The molecule has 216 valence electrons. The first kappa shape index (κ1) is 29.2. The van der Waals surface area contributed by atoms with E-state index in [0.29, 0.717) is 45.1 Å². The predicted molar refractivity (Wildman–Crippen MR) is 162 cm³/mol. The molecule has 0 saturated heterocycles. The summed E-state index contributed by atoms with van der Waals surface area (Å²) in [5.41, 5.74) is 9.28. The lowest BCUT2D eigenvalue weighted by Gasteiger charge is -2.42. The van der Waals surface area contributed by atoms with Gasteiger partial charge in [0.05, 0.1) is 43.2 Å². The molecule has 2 aromatic carbocycles. The number of anilines is 2. The smallest absolute Gasteiger partial charge is 0.234 e. The fourth-order valence-corrected chi connectivity index (χ4v) is 6.95. The molecule has 12 heteroatoms. The van der Waals surface area contributed by atoms with Gasteiger partial charge in [0.15, 0.2) is 10.1 Å². The Balaban J connectivity index is 1.45. The van der Waals surface area contributed by atoms with Crippen LogP contribution in [0.25, 0.3) is 0 Å². The van der Waals surface area contributed by atoms with E-state index in [2.05, 4.69) is 21.6 Å². The third kappa shape index (κ3) is 5.70. The molecule has 0 fully saturated rings. The average molecular weight is 603 g/mol. The van der Waals surface area contributed by atoms with Gasteiger partial charge in [0.1, 0.15) is 17.3 Å². The number of amides is 1. The molecule has 1 aliphatic carbocycles. The monoisotopic (exact) mass is 602 g/mol. The molecule has 42 heavy (non-hydrogen) atoms. The van der Waals surface area contributed by atoms with Crippen molar-refractivity contribution in [2.45, 2.75) is 36.9 Å². The first-order chi connectivity index (χ1) is 20.2. The van der Waals surface area contributed by atoms with Crippen LogP contribution in [0.1, 0.15) is 38.2 Å². The number of carbonyl (C=O) groups excluding carboxylic acids is 2. The van der Waals surface area contributed by atoms with Crippen LogP contribution in [0.15, 0.2) is 75.5 Å². The predicted octanol–water partition coefficient (Wildman–Crippen LogP) is 5.23. The van der Waals surface area contributed by atoms with E-state index in [9.17, 15) is 14.9 Å². The van der Waals surface area contributed by atoms with Crippen LogP contribution in [-0.2, 0) is 9.59 Å². The van der Waals surface area contributed by atoms with Crippen molar-refractivity contribution < 1.29 is 19.1 Å². The minimum absolute atomic E-state index is 0.0283. The molecule has 3 N–H and O–H groups in total. The van der Waals surface area contributed by atoms with E-state index in [1.54, 1.807) is 31.3 Å². The molecule has 0 bridgehead atoms. The lowest BCUT2D eigenvalue weighted by atomic mass is 9.68. The first-order valence-electron chi connectivity index (χ1n) is 13.1. The quantitative estimate of drug-likeness (QED) is 0.329. The summed E-state index contributed by atoms with van der Waals surface area (Å²) >= 11 is 2.48. The molecule has 2 heterocycles. The number of nitrogens with zero attached hydrogens (tertiary/aromatic N) is 4. The van der Waals surface area contributed by atoms with Gasteiger partial charge in [0.2, 0.25) is 11.0 Å². The van der Waals surface area contributed by atoms with Gasteiger partial charge in [-0.1, -0.05) is 61.2 Å². The lowest BCUT2D eigenvalue weighted by Crippen LogP contribution is -2.42. The van der Waals surface area contributed by atoms with Crippen LogP contribution in [0.3, 0.4) is 0 Å². The van der Waals surface area contributed by atoms with Crippen LogP contribution in [0.5, 0.6) is 11.5 Å². The molecular formula is C30H30N6O4S2. The van der Waals surface area contributed by atoms with Gasteiger partial charge in [-0.05, 0) is 41.7 Å². The maximum absolute atomic E-state index is 13.7. The number of nitrogens with two attached hydrogens (primary N) is 1. The first-order valence-corrected chi connectivity index (χ1v) is 14.9. The van der Waals surface area contributed by atoms with E-state index in [1.165, 1.54) is 23.1 Å². The summed E-state index contributed by atoms with van der Waals surface area (Å²) in [5, 5.41) is 22.2. The Morgan fingerprint density at radius 1 is 1.17 bits per heavy atom. The number of Topliss-reactive ketones (excluding diaryl/α,β-unsaturated/α-hetero) is 1. The highest BCUT2D eigenvalue weighted by atomic mass is 32.2. The molecule has 0 saturated carbocycles. The normalized spacial score (nSPS) is 17.9. The molecule has 5 rings (SSSR count).